The summed E-state index contributed by atoms with van der Waals surface area (Å²) in [7, 11) is -1.79. The van der Waals surface area contributed by atoms with Crippen molar-refractivity contribution in [3.05, 3.63) is 0 Å². The molecule has 3 nitrogen and oxygen atoms in total. The summed E-state index contributed by atoms with van der Waals surface area (Å²) in [5.74, 6) is -1.52. The van der Waals surface area contributed by atoms with Crippen molar-refractivity contribution in [2.24, 2.45) is 0 Å². The van der Waals surface area contributed by atoms with Gasteiger partial charge in [0, 0.05) is 23.0 Å². The Labute approximate surface area is 88.1 Å². The van der Waals surface area contributed by atoms with E-state index < -0.39 is 34.1 Å². The number of aliphatic carboxylic acids is 1. The van der Waals surface area contributed by atoms with Crippen molar-refractivity contribution in [1.29, 1.82) is 0 Å². The minimum atomic E-state index is -4.28. The summed E-state index contributed by atoms with van der Waals surface area (Å²) in [6.45, 7) is 2.47. The van der Waals surface area contributed by atoms with Crippen LogP contribution in [0.1, 0.15) is 26.7 Å². The molecule has 0 saturated carbocycles. The maximum Gasteiger partial charge on any atom is 0.389 e. The summed E-state index contributed by atoms with van der Waals surface area (Å²) in [6.07, 6.45) is -5.63. The normalized spacial score (nSPS) is 15.0. The monoisotopic (exact) mass is 246 g/mol. The van der Waals surface area contributed by atoms with Crippen LogP contribution in [0.3, 0.4) is 0 Å². The number of alkyl halides is 3. The van der Waals surface area contributed by atoms with Crippen LogP contribution in [0.5, 0.6) is 0 Å². The Morgan fingerprint density at radius 1 is 1.33 bits per heavy atom. The largest absolute Gasteiger partial charge is 0.480 e. The van der Waals surface area contributed by atoms with Crippen LogP contribution in [0, 0.1) is 0 Å². The second kappa shape index (κ2) is 4.96. The molecule has 0 spiro atoms. The first-order valence-electron chi connectivity index (χ1n) is 4.26. The summed E-state index contributed by atoms with van der Waals surface area (Å²) in [5, 5.41) is 8.66. The van der Waals surface area contributed by atoms with Crippen molar-refractivity contribution < 1.29 is 27.3 Å². The van der Waals surface area contributed by atoms with Crippen LogP contribution in [0.25, 0.3) is 0 Å². The Kier molecular flexibility index (Phi) is 4.76. The summed E-state index contributed by atoms with van der Waals surface area (Å²) in [5.41, 5.74) is 0. The quantitative estimate of drug-likeness (QED) is 0.806. The van der Waals surface area contributed by atoms with E-state index >= 15 is 0 Å². The van der Waals surface area contributed by atoms with Crippen molar-refractivity contribution in [3.63, 3.8) is 0 Å². The van der Waals surface area contributed by atoms with Gasteiger partial charge < -0.3 is 5.11 Å². The van der Waals surface area contributed by atoms with Gasteiger partial charge in [0.05, 0.1) is 0 Å². The highest BCUT2D eigenvalue weighted by molar-refractivity contribution is 7.87. The van der Waals surface area contributed by atoms with Gasteiger partial charge in [-0.15, -0.1) is 0 Å². The molecule has 0 aromatic carbocycles. The molecular weight excluding hydrogens is 233 g/mol. The second-order valence-corrected chi connectivity index (χ2v) is 5.70. The first-order valence-corrected chi connectivity index (χ1v) is 5.58. The third kappa shape index (κ3) is 5.15. The van der Waals surface area contributed by atoms with Crippen LogP contribution in [0.2, 0.25) is 0 Å². The van der Waals surface area contributed by atoms with Crippen LogP contribution in [-0.4, -0.2) is 32.0 Å². The summed E-state index contributed by atoms with van der Waals surface area (Å²) < 4.78 is 45.1. The van der Waals surface area contributed by atoms with Gasteiger partial charge in [0.15, 0.2) is 0 Å². The van der Waals surface area contributed by atoms with E-state index in [1.54, 1.807) is 0 Å². The van der Waals surface area contributed by atoms with E-state index in [2.05, 4.69) is 0 Å². The lowest BCUT2D eigenvalue weighted by Crippen LogP contribution is -2.37. The van der Waals surface area contributed by atoms with Gasteiger partial charge in [-0.1, -0.05) is 0 Å². The van der Waals surface area contributed by atoms with E-state index in [0.29, 0.717) is 0 Å². The van der Waals surface area contributed by atoms with Gasteiger partial charge in [0.2, 0.25) is 0 Å². The summed E-state index contributed by atoms with van der Waals surface area (Å²) in [4.78, 5) is 10.6. The van der Waals surface area contributed by atoms with Crippen LogP contribution in [0.15, 0.2) is 0 Å². The SMILES string of the molecule is CC(C)(C(=O)O)S(=O)CCCC(F)(F)F. The van der Waals surface area contributed by atoms with E-state index in [9.17, 15) is 22.2 Å². The van der Waals surface area contributed by atoms with Gasteiger partial charge in [-0.3, -0.25) is 9.00 Å². The van der Waals surface area contributed by atoms with E-state index in [1.807, 2.05) is 0 Å². The Morgan fingerprint density at radius 2 is 1.80 bits per heavy atom. The average molecular weight is 246 g/mol. The van der Waals surface area contributed by atoms with Crippen molar-refractivity contribution in [1.82, 2.24) is 0 Å². The molecule has 0 saturated heterocycles. The van der Waals surface area contributed by atoms with Gasteiger partial charge in [-0.2, -0.15) is 13.2 Å². The average Bonchev–Trinajstić information content (AvgIpc) is 2.01. The number of hydrogen-bond donors (Lipinski definition) is 1. The van der Waals surface area contributed by atoms with Crippen molar-refractivity contribution in [3.8, 4) is 0 Å². The van der Waals surface area contributed by atoms with E-state index in [1.165, 1.54) is 13.8 Å². The zero-order valence-electron chi connectivity index (χ0n) is 8.43. The zero-order valence-corrected chi connectivity index (χ0v) is 9.24. The minimum Gasteiger partial charge on any atom is -0.480 e. The molecule has 0 heterocycles. The van der Waals surface area contributed by atoms with Gasteiger partial charge in [0.25, 0.3) is 0 Å². The number of carbonyl (C=O) groups is 1. The van der Waals surface area contributed by atoms with E-state index in [-0.39, 0.29) is 12.2 Å². The van der Waals surface area contributed by atoms with Gasteiger partial charge >= 0.3 is 12.1 Å². The van der Waals surface area contributed by atoms with Crippen LogP contribution in [-0.2, 0) is 15.6 Å². The lowest BCUT2D eigenvalue weighted by Gasteiger charge is -2.18. The number of hydrogen-bond acceptors (Lipinski definition) is 2. The molecule has 0 aromatic heterocycles. The highest BCUT2D eigenvalue weighted by atomic mass is 32.2. The zero-order chi connectivity index (χ0) is 12.3. The fourth-order valence-electron chi connectivity index (χ4n) is 0.756. The van der Waals surface area contributed by atoms with Crippen molar-refractivity contribution in [2.45, 2.75) is 37.6 Å². The summed E-state index contributed by atoms with van der Waals surface area (Å²) >= 11 is 0. The number of rotatable bonds is 5. The molecule has 0 bridgehead atoms. The molecule has 0 fully saturated rings. The molecular formula is C8H13F3O3S. The maximum atomic E-state index is 11.7. The third-order valence-corrected chi connectivity index (χ3v) is 3.85. The van der Waals surface area contributed by atoms with E-state index in [0.717, 1.165) is 0 Å². The molecule has 0 aliphatic carbocycles. The fraction of sp³-hybridized carbons (Fsp3) is 0.875. The predicted molar refractivity (Wildman–Crippen MR) is 50.0 cm³/mol. The van der Waals surface area contributed by atoms with Crippen LogP contribution < -0.4 is 0 Å². The number of carboxylic acid groups (broad SMARTS) is 1. The molecule has 0 radical (unpaired) electrons. The van der Waals surface area contributed by atoms with Gasteiger partial charge in [-0.25, -0.2) is 0 Å². The number of halogens is 3. The molecule has 15 heavy (non-hydrogen) atoms. The molecule has 0 aliphatic rings. The molecule has 1 unspecified atom stereocenters. The third-order valence-electron chi connectivity index (χ3n) is 1.87. The molecule has 7 heteroatoms. The van der Waals surface area contributed by atoms with Crippen molar-refractivity contribution in [2.75, 3.05) is 5.75 Å². The Morgan fingerprint density at radius 3 is 2.13 bits per heavy atom. The Bertz CT molecular complexity index is 260. The Balaban J connectivity index is 4.11. The molecule has 0 rings (SSSR count). The topological polar surface area (TPSA) is 54.4 Å². The van der Waals surface area contributed by atoms with Crippen molar-refractivity contribution >= 4 is 16.8 Å². The maximum absolute atomic E-state index is 11.7. The van der Waals surface area contributed by atoms with Gasteiger partial charge in [-0.05, 0) is 20.3 Å². The van der Waals surface area contributed by atoms with Crippen LogP contribution in [0.4, 0.5) is 13.2 Å². The summed E-state index contributed by atoms with van der Waals surface area (Å²) in [6, 6.07) is 0. The highest BCUT2D eigenvalue weighted by Crippen LogP contribution is 2.23. The lowest BCUT2D eigenvalue weighted by atomic mass is 10.2. The second-order valence-electron chi connectivity index (χ2n) is 3.58. The first-order chi connectivity index (χ1) is 6.57. The molecule has 90 valence electrons. The standard InChI is InChI=1S/C8H13F3O3S/c1-7(2,6(12)13)15(14)5-3-4-8(9,10)11/h3-5H2,1-2H3,(H,12,13). The smallest absolute Gasteiger partial charge is 0.389 e. The molecule has 1 N–H and O–H groups in total. The fourth-order valence-corrected chi connectivity index (χ4v) is 1.87. The predicted octanol–water partition coefficient (Wildman–Crippen LogP) is 1.94. The highest BCUT2D eigenvalue weighted by Gasteiger charge is 2.35. The lowest BCUT2D eigenvalue weighted by molar-refractivity contribution is -0.139. The molecule has 0 aliphatic heterocycles. The molecule has 1 atom stereocenters. The van der Waals surface area contributed by atoms with Gasteiger partial charge in [0.1, 0.15) is 4.75 Å². The molecule has 0 amide bonds. The first kappa shape index (κ1) is 14.4. The number of carboxylic acids is 1. The van der Waals surface area contributed by atoms with E-state index in [4.69, 9.17) is 5.11 Å². The minimum absolute atomic E-state index is 0.251. The molecule has 0 aromatic rings. The Hall–Kier alpha value is -0.590. The van der Waals surface area contributed by atoms with Crippen LogP contribution >= 0.6 is 0 Å².